The number of nitrogens with zero attached hydrogens (tertiary/aromatic N) is 3. The van der Waals surface area contributed by atoms with Gasteiger partial charge in [-0.3, -0.25) is 15.1 Å². The summed E-state index contributed by atoms with van der Waals surface area (Å²) in [5.41, 5.74) is 5.22. The van der Waals surface area contributed by atoms with Gasteiger partial charge in [0.25, 0.3) is 5.91 Å². The van der Waals surface area contributed by atoms with Crippen LogP contribution in [0.15, 0.2) is 18.5 Å². The molecule has 3 N–H and O–H groups in total. The van der Waals surface area contributed by atoms with Crippen LogP contribution >= 0.6 is 11.3 Å². The maximum absolute atomic E-state index is 13.2. The van der Waals surface area contributed by atoms with Crippen molar-refractivity contribution >= 4 is 27.5 Å². The number of aromatic nitrogens is 3. The van der Waals surface area contributed by atoms with Crippen LogP contribution in [0.4, 0.5) is 14.7 Å². The van der Waals surface area contributed by atoms with Gasteiger partial charge in [0.1, 0.15) is 0 Å². The molecular formula is C8H6FN5OS. The first-order valence-electron chi connectivity index (χ1n) is 4.16. The van der Waals surface area contributed by atoms with Gasteiger partial charge >= 0.3 is 0 Å². The molecule has 0 bridgehead atoms. The van der Waals surface area contributed by atoms with E-state index in [-0.39, 0.29) is 15.8 Å². The van der Waals surface area contributed by atoms with Crippen molar-refractivity contribution in [3.8, 4) is 0 Å². The second-order valence-electron chi connectivity index (χ2n) is 2.76. The molecule has 8 heteroatoms. The monoisotopic (exact) mass is 239 g/mol. The Bertz CT molecular complexity index is 529. The maximum atomic E-state index is 13.2. The van der Waals surface area contributed by atoms with Crippen molar-refractivity contribution in [2.75, 3.05) is 11.1 Å². The number of nitrogens with one attached hydrogen (secondary N) is 1. The Balaban J connectivity index is 2.18. The summed E-state index contributed by atoms with van der Waals surface area (Å²) in [6.07, 6.45) is 2.29. The van der Waals surface area contributed by atoms with Crippen LogP contribution in [0.1, 0.15) is 10.4 Å². The highest BCUT2D eigenvalue weighted by molar-refractivity contribution is 7.19. The average molecular weight is 239 g/mol. The zero-order chi connectivity index (χ0) is 11.5. The van der Waals surface area contributed by atoms with Crippen molar-refractivity contribution in [3.63, 3.8) is 0 Å². The highest BCUT2D eigenvalue weighted by atomic mass is 32.1. The summed E-state index contributed by atoms with van der Waals surface area (Å²) in [5, 5.41) is 9.92. The van der Waals surface area contributed by atoms with E-state index in [9.17, 15) is 9.18 Å². The molecule has 0 spiro atoms. The number of amides is 1. The second-order valence-corrected chi connectivity index (χ2v) is 3.76. The number of pyridine rings is 1. The van der Waals surface area contributed by atoms with Gasteiger partial charge in [0.05, 0.1) is 11.8 Å². The molecule has 2 heterocycles. The van der Waals surface area contributed by atoms with E-state index in [1.54, 1.807) is 0 Å². The van der Waals surface area contributed by atoms with Gasteiger partial charge in [-0.05, 0) is 6.07 Å². The first kappa shape index (κ1) is 10.4. The predicted octanol–water partition coefficient (Wildman–Crippen LogP) is 0.907. The molecule has 2 aromatic heterocycles. The van der Waals surface area contributed by atoms with Crippen molar-refractivity contribution in [2.24, 2.45) is 0 Å². The maximum Gasteiger partial charge on any atom is 0.260 e. The van der Waals surface area contributed by atoms with E-state index < -0.39 is 11.7 Å². The second kappa shape index (κ2) is 4.19. The Morgan fingerprint density at radius 3 is 2.94 bits per heavy atom. The number of nitrogens with two attached hydrogens (primary N) is 1. The van der Waals surface area contributed by atoms with E-state index in [0.717, 1.165) is 17.5 Å². The van der Waals surface area contributed by atoms with E-state index in [2.05, 4.69) is 20.5 Å². The zero-order valence-electron chi connectivity index (χ0n) is 7.85. The fraction of sp³-hybridized carbons (Fsp3) is 0. The third kappa shape index (κ3) is 2.11. The Morgan fingerprint density at radius 2 is 2.31 bits per heavy atom. The Hall–Kier alpha value is -2.09. The summed E-state index contributed by atoms with van der Waals surface area (Å²) in [4.78, 5) is 15.1. The summed E-state index contributed by atoms with van der Waals surface area (Å²) in [5.74, 6) is -1.31. The molecule has 0 saturated carbocycles. The summed E-state index contributed by atoms with van der Waals surface area (Å²) in [6.45, 7) is 0. The van der Waals surface area contributed by atoms with Crippen LogP contribution < -0.4 is 11.1 Å². The molecule has 2 rings (SSSR count). The van der Waals surface area contributed by atoms with E-state index in [1.165, 1.54) is 12.3 Å². The lowest BCUT2D eigenvalue weighted by molar-refractivity contribution is 0.102. The number of halogens is 1. The molecule has 0 aliphatic carbocycles. The lowest BCUT2D eigenvalue weighted by Crippen LogP contribution is -2.13. The minimum atomic E-state index is -0.697. The standard InChI is InChI=1S/C8H6FN5OS/c9-5-3-11-2-1-4(5)6(15)12-8-14-13-7(10)16-8/h1-3H,(H2,10,13)(H,12,14,15). The summed E-state index contributed by atoms with van der Waals surface area (Å²) in [6, 6.07) is 1.27. The van der Waals surface area contributed by atoms with Crippen LogP contribution in [-0.4, -0.2) is 21.1 Å². The number of anilines is 2. The third-order valence-electron chi connectivity index (χ3n) is 1.68. The molecule has 0 aromatic carbocycles. The topological polar surface area (TPSA) is 93.8 Å². The van der Waals surface area contributed by atoms with Gasteiger partial charge in [0, 0.05) is 6.20 Å². The molecule has 0 aliphatic rings. The minimum Gasteiger partial charge on any atom is -0.374 e. The van der Waals surface area contributed by atoms with Crippen LogP contribution in [0.25, 0.3) is 0 Å². The van der Waals surface area contributed by atoms with Gasteiger partial charge < -0.3 is 5.73 Å². The van der Waals surface area contributed by atoms with Gasteiger partial charge in [-0.15, -0.1) is 10.2 Å². The number of nitrogen functional groups attached to an aromatic ring is 1. The predicted molar refractivity (Wildman–Crippen MR) is 56.5 cm³/mol. The molecule has 0 radical (unpaired) electrons. The van der Waals surface area contributed by atoms with Gasteiger partial charge in [-0.1, -0.05) is 11.3 Å². The molecule has 1 amide bonds. The molecule has 0 aliphatic heterocycles. The third-order valence-corrected chi connectivity index (χ3v) is 2.35. The fourth-order valence-electron chi connectivity index (χ4n) is 1.01. The van der Waals surface area contributed by atoms with Crippen molar-refractivity contribution in [3.05, 3.63) is 29.8 Å². The van der Waals surface area contributed by atoms with Crippen molar-refractivity contribution < 1.29 is 9.18 Å². The quantitative estimate of drug-likeness (QED) is 0.812. The molecule has 2 aromatic rings. The van der Waals surface area contributed by atoms with E-state index in [4.69, 9.17) is 5.73 Å². The lowest BCUT2D eigenvalue weighted by atomic mass is 10.2. The van der Waals surface area contributed by atoms with Gasteiger partial charge in [-0.2, -0.15) is 0 Å². The molecular weight excluding hydrogens is 233 g/mol. The van der Waals surface area contributed by atoms with Crippen LogP contribution in [0, 0.1) is 5.82 Å². The summed E-state index contributed by atoms with van der Waals surface area (Å²) >= 11 is 1.00. The first-order chi connectivity index (χ1) is 7.66. The van der Waals surface area contributed by atoms with E-state index in [1.807, 2.05) is 0 Å². The number of carbonyl (C=O) groups is 1. The Labute approximate surface area is 93.3 Å². The molecule has 6 nitrogen and oxygen atoms in total. The molecule has 0 atom stereocenters. The summed E-state index contributed by atoms with van der Waals surface area (Å²) in [7, 11) is 0. The first-order valence-corrected chi connectivity index (χ1v) is 4.98. The van der Waals surface area contributed by atoms with Crippen LogP contribution in [0.5, 0.6) is 0 Å². The van der Waals surface area contributed by atoms with E-state index in [0.29, 0.717) is 0 Å². The Morgan fingerprint density at radius 1 is 1.50 bits per heavy atom. The largest absolute Gasteiger partial charge is 0.374 e. The average Bonchev–Trinajstić information content (AvgIpc) is 2.64. The normalized spacial score (nSPS) is 10.1. The number of hydrogen-bond acceptors (Lipinski definition) is 6. The molecule has 0 unspecified atom stereocenters. The smallest absolute Gasteiger partial charge is 0.260 e. The highest BCUT2D eigenvalue weighted by Gasteiger charge is 2.13. The van der Waals surface area contributed by atoms with Crippen molar-refractivity contribution in [1.82, 2.24) is 15.2 Å². The molecule has 0 saturated heterocycles. The Kier molecular flexibility index (Phi) is 2.73. The van der Waals surface area contributed by atoms with Gasteiger partial charge in [0.2, 0.25) is 10.3 Å². The van der Waals surface area contributed by atoms with Crippen LogP contribution in [-0.2, 0) is 0 Å². The highest BCUT2D eigenvalue weighted by Crippen LogP contribution is 2.17. The number of carbonyl (C=O) groups excluding carboxylic acids is 1. The number of hydrogen-bond donors (Lipinski definition) is 2. The van der Waals surface area contributed by atoms with Gasteiger partial charge in [-0.25, -0.2) is 4.39 Å². The van der Waals surface area contributed by atoms with Crippen LogP contribution in [0.2, 0.25) is 0 Å². The molecule has 82 valence electrons. The lowest BCUT2D eigenvalue weighted by Gasteiger charge is -2.00. The van der Waals surface area contributed by atoms with Crippen LogP contribution in [0.3, 0.4) is 0 Å². The van der Waals surface area contributed by atoms with Crippen molar-refractivity contribution in [2.45, 2.75) is 0 Å². The van der Waals surface area contributed by atoms with Gasteiger partial charge in [0.15, 0.2) is 5.82 Å². The summed E-state index contributed by atoms with van der Waals surface area (Å²) < 4.78 is 13.2. The van der Waals surface area contributed by atoms with E-state index >= 15 is 0 Å². The molecule has 0 fully saturated rings. The fourth-order valence-corrected chi connectivity index (χ4v) is 1.51. The molecule has 16 heavy (non-hydrogen) atoms. The number of rotatable bonds is 2. The SMILES string of the molecule is Nc1nnc(NC(=O)c2ccncc2F)s1. The minimum absolute atomic E-state index is 0.108. The van der Waals surface area contributed by atoms with Crippen molar-refractivity contribution in [1.29, 1.82) is 0 Å². The zero-order valence-corrected chi connectivity index (χ0v) is 8.66.